The minimum Gasteiger partial charge on any atom is -0.496 e. The van der Waals surface area contributed by atoms with Gasteiger partial charge in [0.1, 0.15) is 12.4 Å². The molecule has 0 saturated carbocycles. The first kappa shape index (κ1) is 18.3. The van der Waals surface area contributed by atoms with Gasteiger partial charge < -0.3 is 9.47 Å². The van der Waals surface area contributed by atoms with Crippen LogP contribution in [0.15, 0.2) is 71.4 Å². The van der Waals surface area contributed by atoms with Gasteiger partial charge in [-0.15, -0.1) is 0 Å². The summed E-state index contributed by atoms with van der Waals surface area (Å²) >= 11 is 0. The van der Waals surface area contributed by atoms with Crippen LogP contribution in [0.3, 0.4) is 0 Å². The van der Waals surface area contributed by atoms with Crippen LogP contribution in [0.5, 0.6) is 5.75 Å². The molecule has 0 bridgehead atoms. The van der Waals surface area contributed by atoms with E-state index < -0.39 is 0 Å². The van der Waals surface area contributed by atoms with Gasteiger partial charge in [-0.25, -0.2) is 4.99 Å². The molecule has 142 valence electrons. The predicted molar refractivity (Wildman–Crippen MR) is 116 cm³/mol. The summed E-state index contributed by atoms with van der Waals surface area (Å²) in [5.74, 6) is 1.51. The zero-order valence-electron chi connectivity index (χ0n) is 16.8. The van der Waals surface area contributed by atoms with E-state index in [1.165, 1.54) is 10.9 Å². The lowest BCUT2D eigenvalue weighted by atomic mass is 9.87. The number of nitrogens with zero attached hydrogens (tertiary/aromatic N) is 1. The lowest BCUT2D eigenvalue weighted by Gasteiger charge is -2.19. The van der Waals surface area contributed by atoms with Gasteiger partial charge in [-0.05, 0) is 46.0 Å². The first-order chi connectivity index (χ1) is 13.5. The Bertz CT molecular complexity index is 1070. The van der Waals surface area contributed by atoms with E-state index in [0.717, 1.165) is 28.0 Å². The van der Waals surface area contributed by atoms with Gasteiger partial charge in [0.25, 0.3) is 0 Å². The molecule has 0 aliphatic carbocycles. The van der Waals surface area contributed by atoms with Crippen molar-refractivity contribution in [1.82, 2.24) is 0 Å². The molecular formula is C25H25NO2. The maximum Gasteiger partial charge on any atom is 0.221 e. The van der Waals surface area contributed by atoms with Crippen molar-refractivity contribution in [2.45, 2.75) is 26.2 Å². The molecule has 3 aromatic rings. The summed E-state index contributed by atoms with van der Waals surface area (Å²) in [6.45, 7) is 7.10. The van der Waals surface area contributed by atoms with Crippen molar-refractivity contribution in [2.75, 3.05) is 13.7 Å². The second-order valence-electron chi connectivity index (χ2n) is 8.07. The third kappa shape index (κ3) is 3.53. The lowest BCUT2D eigenvalue weighted by Crippen LogP contribution is -2.11. The minimum atomic E-state index is 0.132. The van der Waals surface area contributed by atoms with E-state index in [0.29, 0.717) is 12.5 Å². The molecule has 4 rings (SSSR count). The van der Waals surface area contributed by atoms with Gasteiger partial charge in [-0.1, -0.05) is 63.2 Å². The van der Waals surface area contributed by atoms with Crippen molar-refractivity contribution in [3.05, 3.63) is 83.1 Å². The highest BCUT2D eigenvalue weighted by Crippen LogP contribution is 2.31. The average molecular weight is 371 g/mol. The van der Waals surface area contributed by atoms with E-state index in [1.807, 2.05) is 18.2 Å². The summed E-state index contributed by atoms with van der Waals surface area (Å²) in [7, 11) is 1.70. The first-order valence-electron chi connectivity index (χ1n) is 9.54. The number of fused-ring (bicyclic) bond motifs is 1. The summed E-state index contributed by atoms with van der Waals surface area (Å²) in [6.07, 6.45) is 2.07. The maximum absolute atomic E-state index is 5.88. The van der Waals surface area contributed by atoms with Crippen LogP contribution in [-0.2, 0) is 10.2 Å². The van der Waals surface area contributed by atoms with Crippen molar-refractivity contribution < 1.29 is 9.47 Å². The second kappa shape index (κ2) is 7.16. The monoisotopic (exact) mass is 371 g/mol. The zero-order chi connectivity index (χ0) is 19.7. The Balaban J connectivity index is 1.70. The van der Waals surface area contributed by atoms with E-state index in [4.69, 9.17) is 14.5 Å². The number of rotatable bonds is 3. The number of hydrogen-bond donors (Lipinski definition) is 0. The number of aliphatic imine (C=N–C) groups is 1. The number of ether oxygens (including phenoxy) is 2. The molecule has 0 saturated heterocycles. The van der Waals surface area contributed by atoms with Crippen molar-refractivity contribution in [2.24, 2.45) is 4.99 Å². The predicted octanol–water partition coefficient (Wildman–Crippen LogP) is 5.96. The minimum absolute atomic E-state index is 0.132. The number of benzene rings is 3. The Hall–Kier alpha value is -3.07. The molecule has 0 N–H and O–H groups in total. The van der Waals surface area contributed by atoms with Crippen LogP contribution in [0, 0.1) is 0 Å². The third-order valence-corrected chi connectivity index (χ3v) is 5.06. The highest BCUT2D eigenvalue weighted by Gasteiger charge is 2.18. The first-order valence-corrected chi connectivity index (χ1v) is 9.54. The normalized spacial score (nSPS) is 15.6. The molecule has 0 spiro atoms. The highest BCUT2D eigenvalue weighted by atomic mass is 16.5. The van der Waals surface area contributed by atoms with Crippen LogP contribution in [0.4, 0.5) is 0 Å². The van der Waals surface area contributed by atoms with Crippen LogP contribution in [0.1, 0.15) is 37.5 Å². The van der Waals surface area contributed by atoms with Crippen LogP contribution in [0.2, 0.25) is 0 Å². The average Bonchev–Trinajstić information content (AvgIpc) is 3.16. The van der Waals surface area contributed by atoms with Gasteiger partial charge >= 0.3 is 0 Å². The number of methoxy groups -OCH3 is 1. The summed E-state index contributed by atoms with van der Waals surface area (Å²) in [5, 5.41) is 2.32. The molecule has 0 radical (unpaired) electrons. The SMILES string of the molecule is COc1ccc2ccccc2c1/C=C1\COC(c2ccc(C(C)(C)C)cc2)=N1. The molecule has 0 aromatic heterocycles. The topological polar surface area (TPSA) is 30.8 Å². The Kier molecular flexibility index (Phi) is 4.68. The fourth-order valence-corrected chi connectivity index (χ4v) is 3.44. The van der Waals surface area contributed by atoms with Gasteiger partial charge in [-0.3, -0.25) is 0 Å². The summed E-state index contributed by atoms with van der Waals surface area (Å²) < 4.78 is 11.5. The summed E-state index contributed by atoms with van der Waals surface area (Å²) in [4.78, 5) is 4.73. The molecule has 0 amide bonds. The second-order valence-corrected chi connectivity index (χ2v) is 8.07. The van der Waals surface area contributed by atoms with Gasteiger partial charge in [0.05, 0.1) is 12.8 Å². The van der Waals surface area contributed by atoms with Crippen LogP contribution >= 0.6 is 0 Å². The van der Waals surface area contributed by atoms with Crippen molar-refractivity contribution in [3.8, 4) is 5.75 Å². The summed E-state index contributed by atoms with van der Waals surface area (Å²) in [5.41, 5.74) is 4.36. The van der Waals surface area contributed by atoms with E-state index in [9.17, 15) is 0 Å². The van der Waals surface area contributed by atoms with E-state index in [2.05, 4.69) is 69.3 Å². The molecule has 3 heteroatoms. The van der Waals surface area contributed by atoms with Crippen molar-refractivity contribution >= 4 is 22.7 Å². The smallest absolute Gasteiger partial charge is 0.221 e. The lowest BCUT2D eigenvalue weighted by molar-refractivity contribution is 0.365. The van der Waals surface area contributed by atoms with Crippen LogP contribution in [0.25, 0.3) is 16.8 Å². The maximum atomic E-state index is 5.88. The van der Waals surface area contributed by atoms with Crippen molar-refractivity contribution in [1.29, 1.82) is 0 Å². The largest absolute Gasteiger partial charge is 0.496 e. The molecule has 0 unspecified atom stereocenters. The molecule has 3 nitrogen and oxygen atoms in total. The van der Waals surface area contributed by atoms with Gasteiger partial charge in [0, 0.05) is 11.1 Å². The van der Waals surface area contributed by atoms with Crippen molar-refractivity contribution in [3.63, 3.8) is 0 Å². The van der Waals surface area contributed by atoms with E-state index in [1.54, 1.807) is 7.11 Å². The zero-order valence-corrected chi connectivity index (χ0v) is 16.8. The van der Waals surface area contributed by atoms with Gasteiger partial charge in [0.2, 0.25) is 5.90 Å². The molecular weight excluding hydrogens is 346 g/mol. The summed E-state index contributed by atoms with van der Waals surface area (Å²) in [6, 6.07) is 20.8. The fourth-order valence-electron chi connectivity index (χ4n) is 3.44. The molecule has 1 heterocycles. The highest BCUT2D eigenvalue weighted by molar-refractivity contribution is 5.98. The molecule has 1 aliphatic heterocycles. The standard InChI is InChI=1S/C25H25NO2/c1-25(2,3)19-12-9-18(10-13-19)24-26-20(16-28-24)15-22-21-8-6-5-7-17(21)11-14-23(22)27-4/h5-15H,16H2,1-4H3/b20-15+. The molecule has 1 aliphatic rings. The van der Waals surface area contributed by atoms with Gasteiger partial charge in [0.15, 0.2) is 0 Å². The Morgan fingerprint density at radius 1 is 0.964 bits per heavy atom. The van der Waals surface area contributed by atoms with Crippen LogP contribution in [-0.4, -0.2) is 19.6 Å². The number of hydrogen-bond acceptors (Lipinski definition) is 3. The Morgan fingerprint density at radius 3 is 2.43 bits per heavy atom. The van der Waals surface area contributed by atoms with E-state index in [-0.39, 0.29) is 5.41 Å². The van der Waals surface area contributed by atoms with Crippen LogP contribution < -0.4 is 4.74 Å². The Morgan fingerprint density at radius 2 is 1.71 bits per heavy atom. The molecule has 0 fully saturated rings. The molecule has 0 atom stereocenters. The van der Waals surface area contributed by atoms with E-state index >= 15 is 0 Å². The third-order valence-electron chi connectivity index (χ3n) is 5.06. The fraction of sp³-hybridized carbons (Fsp3) is 0.240. The van der Waals surface area contributed by atoms with Gasteiger partial charge in [-0.2, -0.15) is 0 Å². The quantitative estimate of drug-likeness (QED) is 0.568. The Labute approximate surface area is 166 Å². The molecule has 3 aromatic carbocycles. The molecule has 28 heavy (non-hydrogen) atoms.